The van der Waals surface area contributed by atoms with Crippen LogP contribution in [0, 0.1) is 0 Å². The second kappa shape index (κ2) is 3.55. The average molecular weight is 235 g/mol. The number of carbonyl (C=O) groups is 1. The van der Waals surface area contributed by atoms with E-state index < -0.39 is 22.2 Å². The second-order valence-electron chi connectivity index (χ2n) is 2.17. The molecule has 7 heteroatoms. The third-order valence-electron chi connectivity index (χ3n) is 1.23. The lowest BCUT2D eigenvalue weighted by Gasteiger charge is -2.17. The quantitative estimate of drug-likeness (QED) is 0.694. The van der Waals surface area contributed by atoms with Crippen LogP contribution in [0.1, 0.15) is 0 Å². The Kier molecular flexibility index (Phi) is 3.06. The zero-order chi connectivity index (χ0) is 9.35. The smallest absolute Gasteiger partial charge is 0.335 e. The van der Waals surface area contributed by atoms with Gasteiger partial charge in [-0.15, -0.1) is 0 Å². The fourth-order valence-corrected chi connectivity index (χ4v) is 1.05. The molecule has 1 N–H and O–H groups in total. The zero-order valence-corrected chi connectivity index (χ0v) is 7.94. The molecule has 2 unspecified atom stereocenters. The highest BCUT2D eigenvalue weighted by atomic mass is 35.6. The van der Waals surface area contributed by atoms with E-state index in [0.29, 0.717) is 0 Å². The summed E-state index contributed by atoms with van der Waals surface area (Å²) in [6, 6.07) is 0. The lowest BCUT2D eigenvalue weighted by atomic mass is 10.4. The van der Waals surface area contributed by atoms with Crippen molar-refractivity contribution in [2.24, 2.45) is 0 Å². The molecule has 0 aromatic carbocycles. The highest BCUT2D eigenvalue weighted by molar-refractivity contribution is 6.67. The fraction of sp³-hybridized carbons (Fsp3) is 0.800. The van der Waals surface area contributed by atoms with Crippen molar-refractivity contribution in [2.75, 3.05) is 6.61 Å². The van der Waals surface area contributed by atoms with Gasteiger partial charge >= 0.3 is 5.97 Å². The first kappa shape index (κ1) is 10.3. The Labute approximate surface area is 83.3 Å². The van der Waals surface area contributed by atoms with Gasteiger partial charge in [0.25, 0.3) is 0 Å². The fourth-order valence-electron chi connectivity index (χ4n) is 0.704. The molecule has 1 saturated heterocycles. The number of carboxylic acid groups (broad SMARTS) is 1. The molecule has 0 saturated carbocycles. The lowest BCUT2D eigenvalue weighted by molar-refractivity contribution is -0.150. The normalized spacial score (nSPS) is 30.6. The summed E-state index contributed by atoms with van der Waals surface area (Å²) in [5.74, 6) is -1.13. The Morgan fingerprint density at radius 2 is 2.08 bits per heavy atom. The minimum atomic E-state index is -1.75. The molecule has 1 aliphatic heterocycles. The van der Waals surface area contributed by atoms with E-state index in [2.05, 4.69) is 0 Å². The number of carboxylic acids is 1. The van der Waals surface area contributed by atoms with E-state index in [1.165, 1.54) is 0 Å². The summed E-state index contributed by atoms with van der Waals surface area (Å²) in [5.41, 5.74) is 0. The number of ether oxygens (including phenoxy) is 2. The van der Waals surface area contributed by atoms with Crippen molar-refractivity contribution in [2.45, 2.75) is 16.2 Å². The van der Waals surface area contributed by atoms with Crippen LogP contribution < -0.4 is 0 Å². The molecule has 1 heterocycles. The molecule has 12 heavy (non-hydrogen) atoms. The van der Waals surface area contributed by atoms with Crippen LogP contribution in [0.5, 0.6) is 0 Å². The van der Waals surface area contributed by atoms with Gasteiger partial charge in [-0.25, -0.2) is 4.79 Å². The van der Waals surface area contributed by atoms with Gasteiger partial charge in [-0.3, -0.25) is 0 Å². The molecule has 0 radical (unpaired) electrons. The van der Waals surface area contributed by atoms with Crippen molar-refractivity contribution in [3.8, 4) is 0 Å². The van der Waals surface area contributed by atoms with Gasteiger partial charge in [0, 0.05) is 0 Å². The molecule has 0 aromatic rings. The summed E-state index contributed by atoms with van der Waals surface area (Å²) in [5, 5.41) is 8.46. The van der Waals surface area contributed by atoms with Gasteiger partial charge in [-0.2, -0.15) is 0 Å². The predicted octanol–water partition coefficient (Wildman–Crippen LogP) is 1.18. The van der Waals surface area contributed by atoms with Gasteiger partial charge < -0.3 is 14.6 Å². The summed E-state index contributed by atoms with van der Waals surface area (Å²) in [4.78, 5) is 10.3. The number of halogens is 3. The molecule has 0 amide bonds. The van der Waals surface area contributed by atoms with E-state index in [1.54, 1.807) is 0 Å². The van der Waals surface area contributed by atoms with E-state index >= 15 is 0 Å². The Morgan fingerprint density at radius 1 is 1.50 bits per heavy atom. The van der Waals surface area contributed by atoms with Crippen LogP contribution in [0.25, 0.3) is 0 Å². The largest absolute Gasteiger partial charge is 0.479 e. The summed E-state index contributed by atoms with van der Waals surface area (Å²) in [7, 11) is 0. The predicted molar refractivity (Wildman–Crippen MR) is 42.5 cm³/mol. The van der Waals surface area contributed by atoms with Crippen molar-refractivity contribution < 1.29 is 19.4 Å². The van der Waals surface area contributed by atoms with E-state index in [0.717, 1.165) is 0 Å². The maximum absolute atomic E-state index is 10.3. The maximum Gasteiger partial charge on any atom is 0.335 e. The first-order valence-electron chi connectivity index (χ1n) is 2.98. The van der Waals surface area contributed by atoms with Crippen molar-refractivity contribution >= 4 is 40.8 Å². The molecule has 1 rings (SSSR count). The summed E-state index contributed by atoms with van der Waals surface area (Å²) < 4.78 is 7.82. The van der Waals surface area contributed by atoms with Gasteiger partial charge in [-0.1, -0.05) is 34.8 Å². The molecular formula is C5H5Cl3O4. The molecule has 2 atom stereocenters. The van der Waals surface area contributed by atoms with Crippen molar-refractivity contribution in [1.82, 2.24) is 0 Å². The first-order valence-corrected chi connectivity index (χ1v) is 4.11. The molecule has 4 nitrogen and oxygen atoms in total. The summed E-state index contributed by atoms with van der Waals surface area (Å²) >= 11 is 16.2. The summed E-state index contributed by atoms with van der Waals surface area (Å²) in [6.07, 6.45) is -2.16. The average Bonchev–Trinajstić information content (AvgIpc) is 2.30. The van der Waals surface area contributed by atoms with Crippen LogP contribution in [0.2, 0.25) is 0 Å². The molecule has 1 fully saturated rings. The Morgan fingerprint density at radius 3 is 2.33 bits per heavy atom. The van der Waals surface area contributed by atoms with Gasteiger partial charge in [0.05, 0.1) is 6.61 Å². The lowest BCUT2D eigenvalue weighted by Crippen LogP contribution is -2.29. The molecule has 0 aromatic heterocycles. The van der Waals surface area contributed by atoms with Crippen LogP contribution in [0.4, 0.5) is 0 Å². The van der Waals surface area contributed by atoms with Crippen LogP contribution in [0.15, 0.2) is 0 Å². The Bertz CT molecular complexity index is 190. The minimum absolute atomic E-state index is 0.103. The number of aliphatic carboxylic acids is 1. The van der Waals surface area contributed by atoms with Crippen LogP contribution >= 0.6 is 34.8 Å². The minimum Gasteiger partial charge on any atom is -0.479 e. The monoisotopic (exact) mass is 234 g/mol. The van der Waals surface area contributed by atoms with E-state index in [1.807, 2.05) is 0 Å². The Hall–Kier alpha value is 0.260. The summed E-state index contributed by atoms with van der Waals surface area (Å²) in [6.45, 7) is -0.103. The zero-order valence-electron chi connectivity index (χ0n) is 5.67. The number of hydrogen-bond donors (Lipinski definition) is 1. The van der Waals surface area contributed by atoms with Crippen molar-refractivity contribution in [1.29, 1.82) is 0 Å². The van der Waals surface area contributed by atoms with Crippen LogP contribution in [0.3, 0.4) is 0 Å². The van der Waals surface area contributed by atoms with E-state index in [9.17, 15) is 4.79 Å². The van der Waals surface area contributed by atoms with Crippen molar-refractivity contribution in [3.05, 3.63) is 0 Å². The maximum atomic E-state index is 10.3. The third-order valence-corrected chi connectivity index (χ3v) is 1.76. The number of alkyl halides is 3. The van der Waals surface area contributed by atoms with Crippen molar-refractivity contribution in [3.63, 3.8) is 0 Å². The molecule has 0 aliphatic carbocycles. The van der Waals surface area contributed by atoms with E-state index in [-0.39, 0.29) is 6.61 Å². The van der Waals surface area contributed by atoms with Crippen LogP contribution in [-0.4, -0.2) is 33.9 Å². The molecular weight excluding hydrogens is 230 g/mol. The topological polar surface area (TPSA) is 55.8 Å². The molecule has 1 aliphatic rings. The number of rotatable bonds is 1. The standard InChI is InChI=1S/C5H5Cl3O4/c6-5(7,8)4-11-1-2(12-4)3(9)10/h2,4H,1H2,(H,9,10). The molecule has 70 valence electrons. The SMILES string of the molecule is O=C(O)C1COC(C(Cl)(Cl)Cl)O1. The molecule has 0 spiro atoms. The second-order valence-corrected chi connectivity index (χ2v) is 4.54. The number of hydrogen-bond acceptors (Lipinski definition) is 3. The van der Waals surface area contributed by atoms with Gasteiger partial charge in [0.1, 0.15) is 0 Å². The highest BCUT2D eigenvalue weighted by Crippen LogP contribution is 2.36. The van der Waals surface area contributed by atoms with Gasteiger partial charge in [0.15, 0.2) is 6.10 Å². The highest BCUT2D eigenvalue weighted by Gasteiger charge is 2.43. The Balaban J connectivity index is 2.51. The first-order chi connectivity index (χ1) is 5.41. The van der Waals surface area contributed by atoms with E-state index in [4.69, 9.17) is 49.4 Å². The van der Waals surface area contributed by atoms with Gasteiger partial charge in [0.2, 0.25) is 10.1 Å². The van der Waals surface area contributed by atoms with Crippen LogP contribution in [-0.2, 0) is 14.3 Å². The third kappa shape index (κ3) is 2.37. The van der Waals surface area contributed by atoms with Gasteiger partial charge in [-0.05, 0) is 0 Å². The molecule has 0 bridgehead atoms.